The molecular weight excluding hydrogens is 426 g/mol. The number of carbonyl (C=O) groups is 4. The first-order valence-electron chi connectivity index (χ1n) is 10.3. The average molecular weight is 453 g/mol. The van der Waals surface area contributed by atoms with Crippen molar-refractivity contribution < 1.29 is 28.7 Å². The number of ether oxygens (including phenoxy) is 2. The summed E-state index contributed by atoms with van der Waals surface area (Å²) >= 11 is 0. The molecule has 0 aliphatic carbocycles. The van der Waals surface area contributed by atoms with Crippen molar-refractivity contribution in [3.8, 4) is 0 Å². The Morgan fingerprint density at radius 1 is 0.970 bits per heavy atom. The van der Waals surface area contributed by atoms with Gasteiger partial charge in [-0.2, -0.15) is 0 Å². The fourth-order valence-corrected chi connectivity index (χ4v) is 2.66. The molecule has 9 nitrogen and oxygen atoms in total. The highest BCUT2D eigenvalue weighted by Crippen LogP contribution is 2.14. The summed E-state index contributed by atoms with van der Waals surface area (Å²) in [6, 6.07) is 14.5. The molecule has 3 amide bonds. The maximum Gasteiger partial charge on any atom is 0.411 e. The Balaban J connectivity index is 1.94. The second kappa shape index (κ2) is 12.7. The minimum Gasteiger partial charge on any atom is -0.465 e. The van der Waals surface area contributed by atoms with E-state index >= 15 is 0 Å². The lowest BCUT2D eigenvalue weighted by molar-refractivity contribution is -0.143. The number of rotatable bonds is 10. The van der Waals surface area contributed by atoms with Gasteiger partial charge in [-0.25, -0.2) is 4.79 Å². The maximum absolute atomic E-state index is 12.6. The van der Waals surface area contributed by atoms with E-state index in [1.165, 1.54) is 0 Å². The van der Waals surface area contributed by atoms with Gasteiger partial charge in [0, 0.05) is 11.3 Å². The molecule has 0 aromatic heterocycles. The maximum atomic E-state index is 12.6. The molecular formula is C24H27N3O6. The molecule has 33 heavy (non-hydrogen) atoms. The Labute approximate surface area is 192 Å². The first-order valence-corrected chi connectivity index (χ1v) is 10.3. The summed E-state index contributed by atoms with van der Waals surface area (Å²) in [6.45, 7) is 6.67. The van der Waals surface area contributed by atoms with Gasteiger partial charge in [0.15, 0.2) is 0 Å². The van der Waals surface area contributed by atoms with Gasteiger partial charge in [-0.15, -0.1) is 0 Å². The third kappa shape index (κ3) is 8.48. The number of anilines is 1. The molecule has 0 bridgehead atoms. The zero-order chi connectivity index (χ0) is 24.2. The van der Waals surface area contributed by atoms with Gasteiger partial charge < -0.3 is 20.1 Å². The first-order chi connectivity index (χ1) is 15.8. The number of aryl methyl sites for hydroxylation is 1. The molecule has 3 N–H and O–H groups in total. The van der Waals surface area contributed by atoms with Gasteiger partial charge in [-0.1, -0.05) is 54.6 Å². The number of nitrogens with one attached hydrogen (secondary N) is 3. The summed E-state index contributed by atoms with van der Waals surface area (Å²) in [7, 11) is 0. The van der Waals surface area contributed by atoms with Crippen LogP contribution in [0.4, 0.5) is 10.5 Å². The zero-order valence-electron chi connectivity index (χ0n) is 18.6. The minimum atomic E-state index is -1.09. The van der Waals surface area contributed by atoms with E-state index in [9.17, 15) is 19.2 Å². The predicted octanol–water partition coefficient (Wildman–Crippen LogP) is 2.64. The topological polar surface area (TPSA) is 123 Å². The normalized spacial score (nSPS) is 11.0. The van der Waals surface area contributed by atoms with Crippen molar-refractivity contribution in [2.24, 2.45) is 0 Å². The van der Waals surface area contributed by atoms with Gasteiger partial charge in [0.25, 0.3) is 5.91 Å². The van der Waals surface area contributed by atoms with Crippen molar-refractivity contribution in [1.82, 2.24) is 10.6 Å². The van der Waals surface area contributed by atoms with E-state index in [1.54, 1.807) is 49.4 Å². The van der Waals surface area contributed by atoms with Crippen LogP contribution < -0.4 is 16.0 Å². The number of hydrogen-bond acceptors (Lipinski definition) is 6. The molecule has 2 aromatic rings. The summed E-state index contributed by atoms with van der Waals surface area (Å²) in [5.74, 6) is -1.88. The molecule has 1 unspecified atom stereocenters. The van der Waals surface area contributed by atoms with Crippen LogP contribution >= 0.6 is 0 Å². The molecule has 0 spiro atoms. The third-order valence-electron chi connectivity index (χ3n) is 4.38. The highest BCUT2D eigenvalue weighted by Gasteiger charge is 2.24. The molecule has 0 aliphatic heterocycles. The quantitative estimate of drug-likeness (QED) is 0.375. The third-order valence-corrected chi connectivity index (χ3v) is 4.38. The standard InChI is InChI=1S/C24H27N3O6/c1-4-32-20(28)14-25-23(30)21(18-8-6-5-7-9-18)27-22(29)17(3)15-33-24(31)26-19-12-10-16(2)11-13-19/h5-13,21H,3-4,14-15H2,1-2H3,(H,25,30)(H,26,31)(H,27,29). The average Bonchev–Trinajstić information content (AvgIpc) is 2.81. The number of carbonyl (C=O) groups excluding carboxylic acids is 4. The van der Waals surface area contributed by atoms with Crippen molar-refractivity contribution >= 4 is 29.6 Å². The van der Waals surface area contributed by atoms with Gasteiger partial charge in [0.05, 0.1) is 6.61 Å². The van der Waals surface area contributed by atoms with Crippen LogP contribution in [0.25, 0.3) is 0 Å². The summed E-state index contributed by atoms with van der Waals surface area (Å²) in [5.41, 5.74) is 2.02. The number of amides is 3. The Hall–Kier alpha value is -4.14. The SMILES string of the molecule is C=C(COC(=O)Nc1ccc(C)cc1)C(=O)NC(C(=O)NCC(=O)OCC)c1ccccc1. The van der Waals surface area contributed by atoms with Crippen molar-refractivity contribution in [3.05, 3.63) is 77.9 Å². The van der Waals surface area contributed by atoms with Gasteiger partial charge >= 0.3 is 12.1 Å². The first kappa shape index (κ1) is 25.1. The molecule has 0 saturated heterocycles. The fourth-order valence-electron chi connectivity index (χ4n) is 2.66. The van der Waals surface area contributed by atoms with Crippen LogP contribution in [-0.2, 0) is 23.9 Å². The van der Waals surface area contributed by atoms with Crippen LogP contribution in [0.5, 0.6) is 0 Å². The molecule has 2 aromatic carbocycles. The molecule has 0 fully saturated rings. The lowest BCUT2D eigenvalue weighted by Crippen LogP contribution is -2.43. The van der Waals surface area contributed by atoms with Gasteiger partial charge in [0.2, 0.25) is 5.91 Å². The molecule has 0 aliphatic rings. The van der Waals surface area contributed by atoms with Crippen LogP contribution in [-0.4, -0.2) is 43.6 Å². The van der Waals surface area contributed by atoms with E-state index in [0.29, 0.717) is 11.3 Å². The Morgan fingerprint density at radius 2 is 1.64 bits per heavy atom. The van der Waals surface area contributed by atoms with Crippen molar-refractivity contribution in [3.63, 3.8) is 0 Å². The second-order valence-electron chi connectivity index (χ2n) is 7.01. The van der Waals surface area contributed by atoms with Gasteiger partial charge in [0.1, 0.15) is 19.2 Å². The minimum absolute atomic E-state index is 0.0619. The van der Waals surface area contributed by atoms with Crippen molar-refractivity contribution in [1.29, 1.82) is 0 Å². The number of esters is 1. The van der Waals surface area contributed by atoms with E-state index in [-0.39, 0.29) is 25.3 Å². The largest absolute Gasteiger partial charge is 0.465 e. The van der Waals surface area contributed by atoms with Crippen molar-refractivity contribution in [2.75, 3.05) is 25.1 Å². The van der Waals surface area contributed by atoms with Crippen LogP contribution in [0.15, 0.2) is 66.7 Å². The summed E-state index contributed by atoms with van der Waals surface area (Å²) < 4.78 is 9.83. The molecule has 0 saturated carbocycles. The van der Waals surface area contributed by atoms with Gasteiger partial charge in [-0.05, 0) is 31.5 Å². The van der Waals surface area contributed by atoms with Gasteiger partial charge in [-0.3, -0.25) is 19.7 Å². The van der Waals surface area contributed by atoms with E-state index in [0.717, 1.165) is 5.56 Å². The predicted molar refractivity (Wildman–Crippen MR) is 122 cm³/mol. The Kier molecular flexibility index (Phi) is 9.63. The van der Waals surface area contributed by atoms with Crippen molar-refractivity contribution in [2.45, 2.75) is 19.9 Å². The van der Waals surface area contributed by atoms with Crippen LogP contribution in [0.2, 0.25) is 0 Å². The van der Waals surface area contributed by atoms with Crippen LogP contribution in [0.3, 0.4) is 0 Å². The summed E-state index contributed by atoms with van der Waals surface area (Å²) in [4.78, 5) is 48.7. The molecule has 174 valence electrons. The number of hydrogen-bond donors (Lipinski definition) is 3. The number of benzene rings is 2. The molecule has 2 rings (SSSR count). The second-order valence-corrected chi connectivity index (χ2v) is 7.01. The zero-order valence-corrected chi connectivity index (χ0v) is 18.6. The highest BCUT2D eigenvalue weighted by atomic mass is 16.5. The fraction of sp³-hybridized carbons (Fsp3) is 0.250. The Bertz CT molecular complexity index is 989. The summed E-state index contributed by atoms with van der Waals surface area (Å²) in [5, 5.41) is 7.54. The molecule has 0 radical (unpaired) electrons. The van der Waals surface area contributed by atoms with Crippen LogP contribution in [0.1, 0.15) is 24.1 Å². The lowest BCUT2D eigenvalue weighted by Gasteiger charge is -2.19. The highest BCUT2D eigenvalue weighted by molar-refractivity contribution is 5.98. The lowest BCUT2D eigenvalue weighted by atomic mass is 10.1. The van der Waals surface area contributed by atoms with E-state index in [4.69, 9.17) is 9.47 Å². The molecule has 0 heterocycles. The van der Waals surface area contributed by atoms with E-state index in [2.05, 4.69) is 22.5 Å². The monoisotopic (exact) mass is 453 g/mol. The molecule has 9 heteroatoms. The van der Waals surface area contributed by atoms with E-state index in [1.807, 2.05) is 19.1 Å². The Morgan fingerprint density at radius 3 is 2.27 bits per heavy atom. The smallest absolute Gasteiger partial charge is 0.411 e. The van der Waals surface area contributed by atoms with E-state index < -0.39 is 29.9 Å². The molecule has 1 atom stereocenters. The van der Waals surface area contributed by atoms with Crippen LogP contribution in [0, 0.1) is 6.92 Å². The summed E-state index contributed by atoms with van der Waals surface area (Å²) in [6.07, 6.45) is -0.750.